The first-order valence-corrected chi connectivity index (χ1v) is 17.1. The molecule has 6 rings (SSSR count). The summed E-state index contributed by atoms with van der Waals surface area (Å²) in [6.07, 6.45) is 11.0. The van der Waals surface area contributed by atoms with E-state index in [1.165, 1.54) is 47.6 Å². The number of benzene rings is 5. The Morgan fingerprint density at radius 1 is 0.682 bits per heavy atom. The van der Waals surface area contributed by atoms with Crippen molar-refractivity contribution >= 4 is 22.6 Å². The van der Waals surface area contributed by atoms with E-state index < -0.39 is 9.52 Å². The third-order valence-corrected chi connectivity index (χ3v) is 10.8. The number of hydrogen-bond donors (Lipinski definition) is 0. The highest BCUT2D eigenvalue weighted by molar-refractivity contribution is 6.57. The molecule has 0 saturated heterocycles. The third-order valence-electron chi connectivity index (χ3n) is 8.29. The molecule has 2 radical (unpaired) electrons. The number of nitrogens with zero attached hydrogens (tertiary/aromatic N) is 2. The second kappa shape index (κ2) is 15.9. The molecule has 218 valence electrons. The lowest BCUT2D eigenvalue weighted by molar-refractivity contribution is 0.596. The van der Waals surface area contributed by atoms with Gasteiger partial charge in [-0.2, -0.15) is 0 Å². The Morgan fingerprint density at radius 2 is 1.23 bits per heavy atom. The minimum atomic E-state index is -0.797. The van der Waals surface area contributed by atoms with Crippen molar-refractivity contribution in [2.75, 3.05) is 0 Å². The van der Waals surface area contributed by atoms with E-state index in [0.29, 0.717) is 0 Å². The Morgan fingerprint density at radius 3 is 1.73 bits per heavy atom. The molecule has 0 aliphatic rings. The van der Waals surface area contributed by atoms with Crippen LogP contribution in [-0.4, -0.2) is 26.9 Å². The molecule has 0 aliphatic heterocycles. The Hall–Kier alpha value is -4.41. The van der Waals surface area contributed by atoms with Crippen LogP contribution in [0.1, 0.15) is 59.8 Å². The first-order chi connectivity index (χ1) is 21.7. The van der Waals surface area contributed by atoms with Crippen LogP contribution < -0.4 is 5.19 Å². The monoisotopic (exact) mass is 588 g/mol. The highest BCUT2D eigenvalue weighted by Gasteiger charge is 2.36. The van der Waals surface area contributed by atoms with Gasteiger partial charge >= 0.3 is 0 Å². The Bertz CT molecular complexity index is 1560. The molecule has 0 fully saturated rings. The summed E-state index contributed by atoms with van der Waals surface area (Å²) < 4.78 is 2.33. The number of rotatable bonds is 11. The van der Waals surface area contributed by atoms with Gasteiger partial charge in [-0.25, -0.2) is 4.98 Å². The van der Waals surface area contributed by atoms with E-state index in [0.717, 1.165) is 11.1 Å². The fourth-order valence-corrected chi connectivity index (χ4v) is 8.41. The maximum absolute atomic E-state index is 6.12. The second-order valence-electron chi connectivity index (χ2n) is 11.3. The van der Waals surface area contributed by atoms with Crippen LogP contribution in [0.5, 0.6) is 0 Å². The zero-order valence-corrected chi connectivity index (χ0v) is 27.1. The lowest BCUT2D eigenvalue weighted by atomic mass is 9.76. The average Bonchev–Trinajstić information content (AvgIpc) is 3.65. The van der Waals surface area contributed by atoms with Crippen LogP contribution in [-0.2, 0) is 11.6 Å². The highest BCUT2D eigenvalue weighted by Crippen LogP contribution is 2.33. The highest BCUT2D eigenvalue weighted by atomic mass is 28.2. The molecule has 0 N–H and O–H groups in total. The summed E-state index contributed by atoms with van der Waals surface area (Å²) in [5.41, 5.74) is 6.43. The molecule has 0 amide bonds. The molecule has 0 spiro atoms. The smallest absolute Gasteiger partial charge is 0.0965 e. The van der Waals surface area contributed by atoms with E-state index in [2.05, 4.69) is 132 Å². The van der Waals surface area contributed by atoms with Crippen molar-refractivity contribution in [1.82, 2.24) is 9.55 Å². The van der Waals surface area contributed by atoms with Crippen molar-refractivity contribution in [2.45, 2.75) is 43.6 Å². The van der Waals surface area contributed by atoms with Gasteiger partial charge in [0.15, 0.2) is 0 Å². The van der Waals surface area contributed by atoms with Crippen LogP contribution in [0.25, 0.3) is 0 Å². The fourth-order valence-electron chi connectivity index (χ4n) is 5.96. The van der Waals surface area contributed by atoms with Gasteiger partial charge < -0.3 is 4.57 Å². The van der Waals surface area contributed by atoms with Crippen molar-refractivity contribution in [3.63, 3.8) is 0 Å². The molecule has 0 aliphatic carbocycles. The Balaban J connectivity index is 0.000000229. The lowest BCUT2D eigenvalue weighted by Gasteiger charge is -2.37. The van der Waals surface area contributed by atoms with E-state index in [1.54, 1.807) is 0 Å². The molecular formula is C40H41BN2Si. The molecule has 0 atom stereocenters. The van der Waals surface area contributed by atoms with E-state index in [1.807, 2.05) is 48.9 Å². The van der Waals surface area contributed by atoms with Crippen LogP contribution >= 0.6 is 0 Å². The molecule has 1 aromatic heterocycles. The molecule has 5 aromatic carbocycles. The molecule has 6 aromatic rings. The minimum Gasteiger partial charge on any atom is -0.326 e. The largest absolute Gasteiger partial charge is 0.326 e. The summed E-state index contributed by atoms with van der Waals surface area (Å²) in [6, 6.07) is 51.5. The molecular weight excluding hydrogens is 547 g/mol. The first-order valence-electron chi connectivity index (χ1n) is 15.7. The van der Waals surface area contributed by atoms with Crippen molar-refractivity contribution in [2.24, 2.45) is 0 Å². The molecule has 1 heterocycles. The van der Waals surface area contributed by atoms with Crippen molar-refractivity contribution in [3.8, 4) is 0 Å². The van der Waals surface area contributed by atoms with Gasteiger partial charge in [0.2, 0.25) is 0 Å². The van der Waals surface area contributed by atoms with Crippen LogP contribution in [0.3, 0.4) is 0 Å². The van der Waals surface area contributed by atoms with E-state index >= 15 is 0 Å². The fraction of sp³-hybridized carbons (Fsp3) is 0.175. The van der Waals surface area contributed by atoms with Crippen LogP contribution in [0.2, 0.25) is 0 Å². The molecule has 2 nitrogen and oxygen atoms in total. The maximum atomic E-state index is 6.12. The van der Waals surface area contributed by atoms with E-state index in [-0.39, 0.29) is 11.0 Å². The summed E-state index contributed by atoms with van der Waals surface area (Å²) in [4.78, 5) is 4.43. The SMILES string of the molecule is CCCCCc1cccc([SiH2]C(c2ccccc2)(c2ccccc2)n2ccnc2)c1.[B]C(c1ccccc1)c1ccccc1. The van der Waals surface area contributed by atoms with Gasteiger partial charge in [-0.1, -0.05) is 171 Å². The summed E-state index contributed by atoms with van der Waals surface area (Å²) in [6.45, 7) is 2.27. The average molecular weight is 589 g/mol. The van der Waals surface area contributed by atoms with Crippen LogP contribution in [0.4, 0.5) is 0 Å². The van der Waals surface area contributed by atoms with Gasteiger partial charge in [-0.15, -0.1) is 0 Å². The normalized spacial score (nSPS) is 11.4. The number of hydrogen-bond acceptors (Lipinski definition) is 1. The van der Waals surface area contributed by atoms with Crippen molar-refractivity contribution in [3.05, 3.63) is 192 Å². The molecule has 0 bridgehead atoms. The van der Waals surface area contributed by atoms with Gasteiger partial charge in [-0.05, 0) is 46.5 Å². The van der Waals surface area contributed by atoms with Crippen LogP contribution in [0, 0.1) is 0 Å². The minimum absolute atomic E-state index is 0.0163. The lowest BCUT2D eigenvalue weighted by Crippen LogP contribution is -2.46. The van der Waals surface area contributed by atoms with E-state index in [4.69, 9.17) is 7.85 Å². The van der Waals surface area contributed by atoms with Crippen LogP contribution in [0.15, 0.2) is 164 Å². The predicted molar refractivity (Wildman–Crippen MR) is 190 cm³/mol. The number of imidazole rings is 1. The molecule has 44 heavy (non-hydrogen) atoms. The zero-order chi connectivity index (χ0) is 30.5. The summed E-state index contributed by atoms with van der Waals surface area (Å²) in [5.74, 6) is -0.0163. The molecule has 4 heteroatoms. The number of aryl methyl sites for hydroxylation is 1. The van der Waals surface area contributed by atoms with Crippen molar-refractivity contribution in [1.29, 1.82) is 0 Å². The van der Waals surface area contributed by atoms with Gasteiger partial charge in [0.05, 0.1) is 28.9 Å². The summed E-state index contributed by atoms with van der Waals surface area (Å²) in [5, 5.41) is 1.28. The molecule has 0 unspecified atom stereocenters. The van der Waals surface area contributed by atoms with Gasteiger partial charge in [0.1, 0.15) is 0 Å². The zero-order valence-electron chi connectivity index (χ0n) is 25.7. The maximum Gasteiger partial charge on any atom is 0.0965 e. The Kier molecular flexibility index (Phi) is 11.2. The van der Waals surface area contributed by atoms with Gasteiger partial charge in [0, 0.05) is 12.4 Å². The predicted octanol–water partition coefficient (Wildman–Crippen LogP) is 7.80. The Labute approximate surface area is 267 Å². The van der Waals surface area contributed by atoms with Gasteiger partial charge in [0.25, 0.3) is 0 Å². The molecule has 0 saturated carbocycles. The third kappa shape index (κ3) is 7.75. The quantitative estimate of drug-likeness (QED) is 0.112. The standard InChI is InChI=1S/C27H30N2Si.C13H11B/c1-2-3-6-12-23-13-11-18-26(21-23)30-27(29-20-19-28-22-29,24-14-7-4-8-15-24)25-16-9-5-10-17-25;14-13(11-7-3-1-4-8-11)12-9-5-2-6-10-12/h4-5,7-11,13-22H,2-3,6,12,30H2,1H3;1-10,13H. The summed E-state index contributed by atoms with van der Waals surface area (Å²) >= 11 is 0. The van der Waals surface area contributed by atoms with E-state index in [9.17, 15) is 0 Å². The summed E-state index contributed by atoms with van der Waals surface area (Å²) in [7, 11) is 5.32. The van der Waals surface area contributed by atoms with Gasteiger partial charge in [-0.3, -0.25) is 0 Å². The number of aromatic nitrogens is 2. The second-order valence-corrected chi connectivity index (χ2v) is 13.5. The first kappa shape index (κ1) is 31.0. The number of unbranched alkanes of at least 4 members (excludes halogenated alkanes) is 2. The van der Waals surface area contributed by atoms with Crippen molar-refractivity contribution < 1.29 is 0 Å². The topological polar surface area (TPSA) is 17.8 Å².